The molecule has 0 saturated carbocycles. The zero-order valence-corrected chi connectivity index (χ0v) is 6.91. The molecular formula is C8H21N. The highest BCUT2D eigenvalue weighted by molar-refractivity contribution is 4.61. The van der Waals surface area contributed by atoms with Gasteiger partial charge in [-0.05, 0) is 19.9 Å². The maximum atomic E-state index is 3.30. The summed E-state index contributed by atoms with van der Waals surface area (Å²) in [5.41, 5.74) is 0. The minimum Gasteiger partial charge on any atom is -0.317 e. The fourth-order valence-corrected chi connectivity index (χ4v) is 1.13. The SMILES string of the molecule is CCCC(CCC)NC.[HH]. The van der Waals surface area contributed by atoms with Crippen LogP contribution in [-0.4, -0.2) is 13.1 Å². The van der Waals surface area contributed by atoms with Gasteiger partial charge in [0.15, 0.2) is 0 Å². The molecule has 0 amide bonds. The van der Waals surface area contributed by atoms with E-state index < -0.39 is 0 Å². The monoisotopic (exact) mass is 131 g/mol. The third kappa shape index (κ3) is 4.46. The van der Waals surface area contributed by atoms with E-state index in [9.17, 15) is 0 Å². The maximum Gasteiger partial charge on any atom is 0.00638 e. The summed E-state index contributed by atoms with van der Waals surface area (Å²) < 4.78 is 0. The molecule has 0 aromatic rings. The van der Waals surface area contributed by atoms with E-state index in [2.05, 4.69) is 26.2 Å². The van der Waals surface area contributed by atoms with E-state index in [1.54, 1.807) is 0 Å². The van der Waals surface area contributed by atoms with Gasteiger partial charge in [0.2, 0.25) is 0 Å². The summed E-state index contributed by atoms with van der Waals surface area (Å²) in [6.07, 6.45) is 5.24. The van der Waals surface area contributed by atoms with Crippen LogP contribution in [0.3, 0.4) is 0 Å². The molecular weight excluding hydrogens is 110 g/mol. The van der Waals surface area contributed by atoms with Crippen LogP contribution in [0.1, 0.15) is 41.0 Å². The van der Waals surface area contributed by atoms with Crippen LogP contribution in [-0.2, 0) is 0 Å². The van der Waals surface area contributed by atoms with Crippen molar-refractivity contribution >= 4 is 0 Å². The molecule has 0 spiro atoms. The van der Waals surface area contributed by atoms with E-state index in [0.717, 1.165) is 6.04 Å². The fourth-order valence-electron chi connectivity index (χ4n) is 1.13. The van der Waals surface area contributed by atoms with Crippen LogP contribution >= 0.6 is 0 Å². The molecule has 1 N–H and O–H groups in total. The van der Waals surface area contributed by atoms with Crippen molar-refractivity contribution in [2.45, 2.75) is 45.6 Å². The highest BCUT2D eigenvalue weighted by Crippen LogP contribution is 2.02. The van der Waals surface area contributed by atoms with Crippen molar-refractivity contribution < 1.29 is 1.43 Å². The molecule has 0 unspecified atom stereocenters. The highest BCUT2D eigenvalue weighted by atomic mass is 14.9. The van der Waals surface area contributed by atoms with Crippen LogP contribution in [0.15, 0.2) is 0 Å². The minimum atomic E-state index is 0. The van der Waals surface area contributed by atoms with Gasteiger partial charge in [0, 0.05) is 7.47 Å². The Balaban J connectivity index is 0. The molecule has 0 saturated heterocycles. The van der Waals surface area contributed by atoms with Gasteiger partial charge in [-0.2, -0.15) is 0 Å². The van der Waals surface area contributed by atoms with Crippen molar-refractivity contribution in [2.75, 3.05) is 7.05 Å². The number of rotatable bonds is 5. The van der Waals surface area contributed by atoms with Crippen molar-refractivity contribution in [1.29, 1.82) is 0 Å². The van der Waals surface area contributed by atoms with Crippen LogP contribution in [0.4, 0.5) is 0 Å². The lowest BCUT2D eigenvalue weighted by molar-refractivity contribution is 0.479. The van der Waals surface area contributed by atoms with Crippen LogP contribution in [0.5, 0.6) is 0 Å². The fraction of sp³-hybridized carbons (Fsp3) is 1.00. The predicted molar refractivity (Wildman–Crippen MR) is 44.8 cm³/mol. The Kier molecular flexibility index (Phi) is 6.06. The Bertz CT molecular complexity index is 51.2. The van der Waals surface area contributed by atoms with E-state index in [-0.39, 0.29) is 1.43 Å². The van der Waals surface area contributed by atoms with Crippen LogP contribution in [0.2, 0.25) is 0 Å². The quantitative estimate of drug-likeness (QED) is 0.604. The molecule has 0 aromatic heterocycles. The molecule has 0 atom stereocenters. The Labute approximate surface area is 60.3 Å². The summed E-state index contributed by atoms with van der Waals surface area (Å²) >= 11 is 0. The minimum absolute atomic E-state index is 0. The van der Waals surface area contributed by atoms with Gasteiger partial charge < -0.3 is 5.32 Å². The molecule has 0 radical (unpaired) electrons. The summed E-state index contributed by atoms with van der Waals surface area (Å²) in [5.74, 6) is 0. The van der Waals surface area contributed by atoms with E-state index in [1.165, 1.54) is 25.7 Å². The molecule has 0 aliphatic heterocycles. The lowest BCUT2D eigenvalue weighted by Gasteiger charge is -2.12. The second kappa shape index (κ2) is 6.09. The second-order valence-corrected chi connectivity index (χ2v) is 2.56. The smallest absolute Gasteiger partial charge is 0.00638 e. The molecule has 0 fully saturated rings. The molecule has 0 rings (SSSR count). The van der Waals surface area contributed by atoms with E-state index >= 15 is 0 Å². The van der Waals surface area contributed by atoms with Crippen molar-refractivity contribution in [2.24, 2.45) is 0 Å². The van der Waals surface area contributed by atoms with Gasteiger partial charge >= 0.3 is 0 Å². The Morgan fingerprint density at radius 2 is 1.67 bits per heavy atom. The topological polar surface area (TPSA) is 12.0 Å². The van der Waals surface area contributed by atoms with Gasteiger partial charge in [0.05, 0.1) is 0 Å². The average molecular weight is 131 g/mol. The summed E-state index contributed by atoms with van der Waals surface area (Å²) in [7, 11) is 2.05. The Morgan fingerprint density at radius 1 is 1.22 bits per heavy atom. The second-order valence-electron chi connectivity index (χ2n) is 2.56. The molecule has 0 heterocycles. The van der Waals surface area contributed by atoms with Crippen LogP contribution in [0, 0.1) is 0 Å². The molecule has 0 bridgehead atoms. The normalized spacial score (nSPS) is 10.7. The van der Waals surface area contributed by atoms with Gasteiger partial charge in [-0.25, -0.2) is 0 Å². The van der Waals surface area contributed by atoms with Gasteiger partial charge in [0.1, 0.15) is 0 Å². The van der Waals surface area contributed by atoms with Crippen LogP contribution < -0.4 is 5.32 Å². The number of hydrogen-bond acceptors (Lipinski definition) is 1. The first kappa shape index (κ1) is 8.96. The number of hydrogen-bond donors (Lipinski definition) is 1. The van der Waals surface area contributed by atoms with Crippen molar-refractivity contribution in [1.82, 2.24) is 5.32 Å². The molecule has 1 nitrogen and oxygen atoms in total. The van der Waals surface area contributed by atoms with Gasteiger partial charge in [0.25, 0.3) is 0 Å². The van der Waals surface area contributed by atoms with Gasteiger partial charge in [-0.1, -0.05) is 26.7 Å². The van der Waals surface area contributed by atoms with E-state index in [0.29, 0.717) is 0 Å². The lowest BCUT2D eigenvalue weighted by Crippen LogP contribution is -2.24. The third-order valence-electron chi connectivity index (χ3n) is 1.68. The summed E-state index contributed by atoms with van der Waals surface area (Å²) in [5, 5.41) is 3.30. The van der Waals surface area contributed by atoms with Crippen LogP contribution in [0.25, 0.3) is 0 Å². The van der Waals surface area contributed by atoms with Crippen molar-refractivity contribution in [3.63, 3.8) is 0 Å². The van der Waals surface area contributed by atoms with Gasteiger partial charge in [-0.15, -0.1) is 0 Å². The molecule has 1 heteroatoms. The zero-order chi connectivity index (χ0) is 7.11. The standard InChI is InChI=1S/C8H19N.H2/c1-4-6-8(9-3)7-5-2;/h8-9H,4-7H2,1-3H3;1H. The summed E-state index contributed by atoms with van der Waals surface area (Å²) in [6, 6.07) is 0.764. The summed E-state index contributed by atoms with van der Waals surface area (Å²) in [6.45, 7) is 4.47. The third-order valence-corrected chi connectivity index (χ3v) is 1.68. The largest absolute Gasteiger partial charge is 0.317 e. The first-order chi connectivity index (χ1) is 4.35. The Morgan fingerprint density at radius 3 is 1.89 bits per heavy atom. The first-order valence-corrected chi connectivity index (χ1v) is 4.02. The van der Waals surface area contributed by atoms with E-state index in [1.807, 2.05) is 0 Å². The Hall–Kier alpha value is -0.0400. The van der Waals surface area contributed by atoms with Crippen molar-refractivity contribution in [3.8, 4) is 0 Å². The molecule has 0 aromatic carbocycles. The lowest BCUT2D eigenvalue weighted by atomic mass is 10.1. The van der Waals surface area contributed by atoms with E-state index in [4.69, 9.17) is 0 Å². The summed E-state index contributed by atoms with van der Waals surface area (Å²) in [4.78, 5) is 0. The molecule has 9 heavy (non-hydrogen) atoms. The zero-order valence-electron chi connectivity index (χ0n) is 6.91. The molecule has 58 valence electrons. The van der Waals surface area contributed by atoms with Gasteiger partial charge in [-0.3, -0.25) is 0 Å². The predicted octanol–water partition coefficient (Wildman–Crippen LogP) is 2.42. The molecule has 0 aliphatic rings. The average Bonchev–Trinajstić information content (AvgIpc) is 1.88. The number of nitrogens with one attached hydrogen (secondary N) is 1. The van der Waals surface area contributed by atoms with Crippen molar-refractivity contribution in [3.05, 3.63) is 0 Å². The maximum absolute atomic E-state index is 3.30. The molecule has 0 aliphatic carbocycles. The highest BCUT2D eigenvalue weighted by Gasteiger charge is 2.00. The first-order valence-electron chi connectivity index (χ1n) is 4.02.